The van der Waals surface area contributed by atoms with Gasteiger partial charge < -0.3 is 10.6 Å². The smallest absolute Gasteiger partial charge is 0.283 e. The molecule has 1 atom stereocenters. The third kappa shape index (κ3) is 5.26. The molecule has 0 spiro atoms. The van der Waals surface area contributed by atoms with E-state index in [-0.39, 0.29) is 30.0 Å². The van der Waals surface area contributed by atoms with Gasteiger partial charge in [0.2, 0.25) is 0 Å². The van der Waals surface area contributed by atoms with Gasteiger partial charge in [-0.2, -0.15) is 0 Å². The number of nitrogens with two attached hydrogens (primary N) is 1. The normalized spacial score (nSPS) is 11.9. The zero-order valence-electron chi connectivity index (χ0n) is 12.7. The molecule has 0 aromatic carbocycles. The molecule has 8 heteroatoms. The van der Waals surface area contributed by atoms with Gasteiger partial charge in [0.15, 0.2) is 0 Å². The number of hydrogen-bond acceptors (Lipinski definition) is 5. The van der Waals surface area contributed by atoms with Crippen LogP contribution in [0.5, 0.6) is 0 Å². The molecule has 0 aliphatic rings. The molecule has 0 fully saturated rings. The van der Waals surface area contributed by atoms with Crippen molar-refractivity contribution in [3.8, 4) is 0 Å². The molecule has 2 N–H and O–H groups in total. The van der Waals surface area contributed by atoms with Gasteiger partial charge >= 0.3 is 0 Å². The van der Waals surface area contributed by atoms with E-state index in [2.05, 4.69) is 0 Å². The maximum atomic E-state index is 12.2. The highest BCUT2D eigenvalue weighted by Gasteiger charge is 2.22. The summed E-state index contributed by atoms with van der Waals surface area (Å²) in [5, 5.41) is 10.8. The number of thiophene rings is 1. The zero-order valence-corrected chi connectivity index (χ0v) is 14.3. The highest BCUT2D eigenvalue weighted by Crippen LogP contribution is 2.28. The van der Waals surface area contributed by atoms with Crippen LogP contribution in [-0.2, 0) is 0 Å². The van der Waals surface area contributed by atoms with Gasteiger partial charge in [0, 0.05) is 25.7 Å². The van der Waals surface area contributed by atoms with Crippen LogP contribution in [0.1, 0.15) is 34.8 Å². The second-order valence-electron chi connectivity index (χ2n) is 5.23. The maximum absolute atomic E-state index is 12.2. The second-order valence-corrected chi connectivity index (χ2v) is 6.49. The first-order valence-corrected chi connectivity index (χ1v) is 7.31. The molecule has 1 rings (SSSR count). The Morgan fingerprint density at radius 2 is 2.10 bits per heavy atom. The van der Waals surface area contributed by atoms with Gasteiger partial charge in [-0.05, 0) is 19.3 Å². The molecule has 6 nitrogen and oxygen atoms in total. The van der Waals surface area contributed by atoms with E-state index in [0.717, 1.165) is 11.3 Å². The van der Waals surface area contributed by atoms with E-state index < -0.39 is 4.92 Å². The fraction of sp³-hybridized carbons (Fsp3) is 0.615. The number of hydrogen-bond donors (Lipinski definition) is 1. The van der Waals surface area contributed by atoms with Crippen LogP contribution in [0.25, 0.3) is 0 Å². The minimum atomic E-state index is -0.461. The summed E-state index contributed by atoms with van der Waals surface area (Å²) in [7, 11) is 1.69. The number of rotatable bonds is 6. The number of nitro groups is 1. The van der Waals surface area contributed by atoms with Crippen LogP contribution in [0.2, 0.25) is 0 Å². The topological polar surface area (TPSA) is 89.5 Å². The molecule has 0 saturated carbocycles. The van der Waals surface area contributed by atoms with Gasteiger partial charge in [-0.3, -0.25) is 14.9 Å². The fourth-order valence-corrected chi connectivity index (χ4v) is 2.71. The molecule has 1 heterocycles. The van der Waals surface area contributed by atoms with Crippen molar-refractivity contribution < 1.29 is 9.72 Å². The summed E-state index contributed by atoms with van der Waals surface area (Å²) in [4.78, 5) is 25.0. The van der Waals surface area contributed by atoms with Crippen LogP contribution >= 0.6 is 23.7 Å². The van der Waals surface area contributed by atoms with Crippen LogP contribution in [0, 0.1) is 23.0 Å². The van der Waals surface area contributed by atoms with Gasteiger partial charge in [0.05, 0.1) is 14.7 Å². The Balaban J connectivity index is 0.00000400. The summed E-state index contributed by atoms with van der Waals surface area (Å²) in [5.41, 5.74) is 5.95. The van der Waals surface area contributed by atoms with Crippen molar-refractivity contribution in [1.82, 2.24) is 4.90 Å². The summed E-state index contributed by atoms with van der Waals surface area (Å²) in [5.74, 6) is 0.172. The Hall–Kier alpha value is -1.18. The van der Waals surface area contributed by atoms with Crippen LogP contribution < -0.4 is 5.73 Å². The van der Waals surface area contributed by atoms with Crippen molar-refractivity contribution in [2.45, 2.75) is 33.2 Å². The van der Waals surface area contributed by atoms with Crippen molar-refractivity contribution in [3.05, 3.63) is 25.9 Å². The molecule has 0 aliphatic heterocycles. The molecule has 120 valence electrons. The first kappa shape index (κ1) is 19.8. The van der Waals surface area contributed by atoms with Gasteiger partial charge in [-0.15, -0.1) is 23.7 Å². The quantitative estimate of drug-likeness (QED) is 0.639. The molecule has 1 amide bonds. The minimum Gasteiger partial charge on any atom is -0.341 e. The van der Waals surface area contributed by atoms with E-state index in [1.54, 1.807) is 18.9 Å². The molecule has 0 saturated heterocycles. The van der Waals surface area contributed by atoms with E-state index in [1.165, 1.54) is 6.07 Å². The summed E-state index contributed by atoms with van der Waals surface area (Å²) in [6.45, 7) is 6.27. The van der Waals surface area contributed by atoms with E-state index in [9.17, 15) is 14.9 Å². The first-order valence-electron chi connectivity index (χ1n) is 6.50. The Bertz CT molecular complexity index is 505. The third-order valence-corrected chi connectivity index (χ3v) is 4.33. The van der Waals surface area contributed by atoms with Gasteiger partial charge in [-0.25, -0.2) is 0 Å². The van der Waals surface area contributed by atoms with E-state index in [0.29, 0.717) is 28.6 Å². The van der Waals surface area contributed by atoms with Crippen molar-refractivity contribution in [2.75, 3.05) is 13.6 Å². The van der Waals surface area contributed by atoms with Gasteiger partial charge in [-0.1, -0.05) is 13.8 Å². The van der Waals surface area contributed by atoms with Crippen molar-refractivity contribution in [2.24, 2.45) is 11.7 Å². The summed E-state index contributed by atoms with van der Waals surface area (Å²) in [6.07, 6.45) is 0.715. The number of halogens is 1. The Kier molecular flexibility index (Phi) is 7.84. The number of aryl methyl sites for hydroxylation is 1. The monoisotopic (exact) mass is 335 g/mol. The SMILES string of the molecule is Cc1sc(C(=O)N(C)CCC(N)C(C)C)cc1[N+](=O)[O-].Cl. The lowest BCUT2D eigenvalue weighted by atomic mass is 10.0. The molecule has 0 bridgehead atoms. The first-order chi connectivity index (χ1) is 9.23. The average molecular weight is 336 g/mol. The molecule has 0 radical (unpaired) electrons. The largest absolute Gasteiger partial charge is 0.341 e. The molecule has 21 heavy (non-hydrogen) atoms. The third-order valence-electron chi connectivity index (χ3n) is 3.30. The van der Waals surface area contributed by atoms with Crippen molar-refractivity contribution in [1.29, 1.82) is 0 Å². The number of carbonyl (C=O) groups excluding carboxylic acids is 1. The highest BCUT2D eigenvalue weighted by atomic mass is 35.5. The molecule has 1 aromatic heterocycles. The van der Waals surface area contributed by atoms with E-state index >= 15 is 0 Å². The number of amides is 1. The van der Waals surface area contributed by atoms with Crippen LogP contribution in [0.4, 0.5) is 5.69 Å². The lowest BCUT2D eigenvalue weighted by Gasteiger charge is -2.21. The molecular formula is C13H22ClN3O3S. The molecule has 1 unspecified atom stereocenters. The van der Waals surface area contributed by atoms with Crippen molar-refractivity contribution >= 4 is 35.3 Å². The van der Waals surface area contributed by atoms with Crippen LogP contribution in [0.15, 0.2) is 6.07 Å². The van der Waals surface area contributed by atoms with Crippen molar-refractivity contribution in [3.63, 3.8) is 0 Å². The highest BCUT2D eigenvalue weighted by molar-refractivity contribution is 7.14. The van der Waals surface area contributed by atoms with Gasteiger partial charge in [0.1, 0.15) is 0 Å². The summed E-state index contributed by atoms with van der Waals surface area (Å²) in [6, 6.07) is 1.39. The number of carbonyl (C=O) groups is 1. The maximum Gasteiger partial charge on any atom is 0.283 e. The minimum absolute atomic E-state index is 0. The Morgan fingerprint density at radius 1 is 1.52 bits per heavy atom. The van der Waals surface area contributed by atoms with E-state index in [4.69, 9.17) is 5.73 Å². The lowest BCUT2D eigenvalue weighted by molar-refractivity contribution is -0.385. The predicted octanol–water partition coefficient (Wildman–Crippen LogP) is 2.83. The molecule has 0 aliphatic carbocycles. The summed E-state index contributed by atoms with van der Waals surface area (Å²) < 4.78 is 0. The number of nitrogens with zero attached hydrogens (tertiary/aromatic N) is 2. The van der Waals surface area contributed by atoms with Crippen LogP contribution in [-0.4, -0.2) is 35.4 Å². The zero-order chi connectivity index (χ0) is 15.4. The standard InChI is InChI=1S/C13H21N3O3S.ClH/c1-8(2)10(14)5-6-15(4)13(17)12-7-11(16(18)19)9(3)20-12;/h7-8,10H,5-6,14H2,1-4H3;1H. The lowest BCUT2D eigenvalue weighted by Crippen LogP contribution is -2.34. The summed E-state index contributed by atoms with van der Waals surface area (Å²) >= 11 is 1.16. The fourth-order valence-electron chi connectivity index (χ4n) is 1.72. The average Bonchev–Trinajstić information content (AvgIpc) is 2.76. The second kappa shape index (κ2) is 8.31. The molecule has 1 aromatic rings. The molecular weight excluding hydrogens is 314 g/mol. The predicted molar refractivity (Wildman–Crippen MR) is 87.3 cm³/mol. The Labute approximate surface area is 134 Å². The van der Waals surface area contributed by atoms with E-state index in [1.807, 2.05) is 13.8 Å². The van der Waals surface area contributed by atoms with Gasteiger partial charge in [0.25, 0.3) is 11.6 Å². The Morgan fingerprint density at radius 3 is 2.52 bits per heavy atom. The van der Waals surface area contributed by atoms with Crippen LogP contribution in [0.3, 0.4) is 0 Å².